The van der Waals surface area contributed by atoms with Crippen molar-refractivity contribution in [3.05, 3.63) is 0 Å². The molecule has 2 amide bonds. The van der Waals surface area contributed by atoms with E-state index in [0.29, 0.717) is 30.0 Å². The molecule has 4 bridgehead atoms. The van der Waals surface area contributed by atoms with Crippen LogP contribution in [0.1, 0.15) is 78.1 Å². The van der Waals surface area contributed by atoms with Crippen LogP contribution in [0.15, 0.2) is 0 Å². The molecule has 2 saturated heterocycles. The first-order valence-corrected chi connectivity index (χ1v) is 15.0. The minimum absolute atomic E-state index is 0.00367. The zero-order valence-corrected chi connectivity index (χ0v) is 22.8. The van der Waals surface area contributed by atoms with Crippen LogP contribution in [0.25, 0.3) is 0 Å². The van der Waals surface area contributed by atoms with Gasteiger partial charge < -0.3 is 14.4 Å². The third-order valence-electron chi connectivity index (χ3n) is 12.6. The van der Waals surface area contributed by atoms with Gasteiger partial charge in [-0.2, -0.15) is 0 Å². The fourth-order valence-electron chi connectivity index (χ4n) is 10.6. The highest BCUT2D eigenvalue weighted by Crippen LogP contribution is 2.78. The second-order valence-electron chi connectivity index (χ2n) is 14.4. The lowest BCUT2D eigenvalue weighted by molar-refractivity contribution is -0.161. The summed E-state index contributed by atoms with van der Waals surface area (Å²) in [5.74, 6) is 1.77. The Kier molecular flexibility index (Phi) is 5.49. The van der Waals surface area contributed by atoms with Crippen molar-refractivity contribution in [1.29, 1.82) is 0 Å². The molecular weight excluding hydrogens is 468 g/mol. The van der Waals surface area contributed by atoms with Crippen LogP contribution in [0.2, 0.25) is 0 Å². The van der Waals surface area contributed by atoms with Crippen molar-refractivity contribution in [2.75, 3.05) is 26.7 Å². The summed E-state index contributed by atoms with van der Waals surface area (Å²) in [6.45, 7) is 7.11. The maximum atomic E-state index is 14.3. The Morgan fingerprint density at radius 2 is 1.86 bits per heavy atom. The molecule has 11 atom stereocenters. The van der Waals surface area contributed by atoms with Gasteiger partial charge in [-0.15, -0.1) is 0 Å². The lowest BCUT2D eigenvalue weighted by Gasteiger charge is -2.55. The second-order valence-corrected chi connectivity index (χ2v) is 14.4. The molecule has 5 saturated carbocycles. The Bertz CT molecular complexity index is 1010. The summed E-state index contributed by atoms with van der Waals surface area (Å²) in [5.41, 5.74) is -0.691. The highest BCUT2D eigenvalue weighted by Gasteiger charge is 2.77. The van der Waals surface area contributed by atoms with E-state index >= 15 is 0 Å². The quantitative estimate of drug-likeness (QED) is 0.595. The van der Waals surface area contributed by atoms with Crippen molar-refractivity contribution >= 4 is 17.8 Å². The van der Waals surface area contributed by atoms with E-state index in [1.807, 2.05) is 7.11 Å². The summed E-state index contributed by atoms with van der Waals surface area (Å²) in [6, 6.07) is 0. The van der Waals surface area contributed by atoms with E-state index in [-0.39, 0.29) is 46.7 Å². The average Bonchev–Trinajstić information content (AvgIpc) is 3.68. The van der Waals surface area contributed by atoms with E-state index < -0.39 is 11.5 Å². The third-order valence-corrected chi connectivity index (χ3v) is 12.6. The number of alkyl carbamates (subject to hydrolysis) is 1. The Labute approximate surface area is 220 Å². The topological polar surface area (TPSA) is 84.9 Å². The molecule has 7 fully saturated rings. The maximum Gasteiger partial charge on any atom is 0.414 e. The molecule has 7 heteroatoms. The van der Waals surface area contributed by atoms with Gasteiger partial charge >= 0.3 is 6.09 Å². The number of ketones is 1. The normalized spacial score (nSPS) is 51.6. The monoisotopic (exact) mass is 512 g/mol. The van der Waals surface area contributed by atoms with Gasteiger partial charge in [0.2, 0.25) is 5.91 Å². The average molecular weight is 513 g/mol. The number of hydrogen-bond acceptors (Lipinski definition) is 6. The molecule has 1 N–H and O–H groups in total. The number of nitrogens with one attached hydrogen (secondary N) is 1. The van der Waals surface area contributed by atoms with Crippen molar-refractivity contribution in [1.82, 2.24) is 10.2 Å². The van der Waals surface area contributed by atoms with Crippen LogP contribution in [0.4, 0.5) is 4.79 Å². The minimum Gasteiger partial charge on any atom is -0.445 e. The number of fused-ring (bicyclic) bond motifs is 2. The van der Waals surface area contributed by atoms with Crippen molar-refractivity contribution in [3.63, 3.8) is 0 Å². The predicted molar refractivity (Wildman–Crippen MR) is 136 cm³/mol. The zero-order valence-electron chi connectivity index (χ0n) is 22.8. The van der Waals surface area contributed by atoms with E-state index in [2.05, 4.69) is 24.1 Å². The lowest BCUT2D eigenvalue weighted by atomic mass is 9.50. The number of ether oxygens (including phenoxy) is 2. The number of nitrogens with zero attached hydrogens (tertiary/aromatic N) is 1. The van der Waals surface area contributed by atoms with Crippen LogP contribution in [0, 0.1) is 51.8 Å². The standard InChI is InChI=1S/C30H44N2O5/c1-17-25(33)28(2,12-18-4-5-18)14-23(37-27(35)31-26(34)21-16-32-11-8-19(21)15-32)30-13-20(30)6-9-29(17)10-7-22(36-3)24(29)30/h17-24H,4-16H2,1-3H3,(H,31,34,35)/t17-,19+,20-,21-,22+,23+,24?,28+,29?,30-/m0/s1. The molecule has 37 heavy (non-hydrogen) atoms. The molecule has 1 spiro atoms. The van der Waals surface area contributed by atoms with Crippen LogP contribution in [0.3, 0.4) is 0 Å². The molecule has 0 aromatic rings. The highest BCUT2D eigenvalue weighted by atomic mass is 16.6. The highest BCUT2D eigenvalue weighted by molar-refractivity contribution is 5.94. The number of amides is 2. The number of hydrogen-bond donors (Lipinski definition) is 1. The summed E-state index contributed by atoms with van der Waals surface area (Å²) in [7, 11) is 1.81. The first kappa shape index (κ1) is 24.6. The molecule has 7 aliphatic rings. The van der Waals surface area contributed by atoms with Gasteiger partial charge in [0, 0.05) is 42.9 Å². The number of carbonyl (C=O) groups is 3. The summed E-state index contributed by atoms with van der Waals surface area (Å²) in [6.07, 6.45) is 9.27. The molecule has 3 unspecified atom stereocenters. The molecular formula is C30H44N2O5. The fraction of sp³-hybridized carbons (Fsp3) is 0.900. The van der Waals surface area contributed by atoms with Crippen LogP contribution in [0.5, 0.6) is 0 Å². The second kappa shape index (κ2) is 8.27. The van der Waals surface area contributed by atoms with Gasteiger partial charge in [0.05, 0.1) is 12.0 Å². The van der Waals surface area contributed by atoms with Crippen LogP contribution in [-0.4, -0.2) is 61.6 Å². The lowest BCUT2D eigenvalue weighted by Crippen LogP contribution is -2.58. The Hall–Kier alpha value is -1.47. The maximum absolute atomic E-state index is 14.3. The SMILES string of the molecule is CO[C@@H]1CCC23CC[C@H]4C[C@@]4(C12)[C@H](OC(=O)NC(=O)[C@H]1CN2CC[C@@H]1C2)C[C@@](C)(CC1CC1)C(=O)[C@@H]3C. The molecule has 204 valence electrons. The Morgan fingerprint density at radius 3 is 2.54 bits per heavy atom. The third kappa shape index (κ3) is 3.54. The number of piperidine rings is 1. The minimum atomic E-state index is -0.606. The summed E-state index contributed by atoms with van der Waals surface area (Å²) in [4.78, 5) is 43.1. The number of imide groups is 1. The summed E-state index contributed by atoms with van der Waals surface area (Å²) in [5, 5.41) is 2.64. The van der Waals surface area contributed by atoms with E-state index in [4.69, 9.17) is 9.47 Å². The molecule has 2 aliphatic heterocycles. The molecule has 0 aromatic heterocycles. The van der Waals surface area contributed by atoms with Crippen molar-refractivity contribution < 1.29 is 23.9 Å². The zero-order chi connectivity index (χ0) is 25.7. The number of methoxy groups -OCH3 is 1. The van der Waals surface area contributed by atoms with E-state index in [1.165, 1.54) is 12.8 Å². The van der Waals surface area contributed by atoms with Gasteiger partial charge in [-0.1, -0.05) is 26.7 Å². The Morgan fingerprint density at radius 1 is 1.08 bits per heavy atom. The van der Waals surface area contributed by atoms with Gasteiger partial charge in [-0.3, -0.25) is 14.9 Å². The largest absolute Gasteiger partial charge is 0.445 e. The molecule has 2 heterocycles. The predicted octanol–water partition coefficient (Wildman–Crippen LogP) is 4.19. The summed E-state index contributed by atoms with van der Waals surface area (Å²) >= 11 is 0. The molecule has 5 aliphatic carbocycles. The molecule has 7 rings (SSSR count). The van der Waals surface area contributed by atoms with Gasteiger partial charge in [-0.05, 0) is 81.1 Å². The van der Waals surface area contributed by atoms with Crippen LogP contribution < -0.4 is 5.32 Å². The van der Waals surface area contributed by atoms with Crippen molar-refractivity contribution in [3.8, 4) is 0 Å². The van der Waals surface area contributed by atoms with Gasteiger partial charge in [0.15, 0.2) is 0 Å². The van der Waals surface area contributed by atoms with Crippen LogP contribution in [-0.2, 0) is 19.1 Å². The van der Waals surface area contributed by atoms with Crippen LogP contribution >= 0.6 is 0 Å². The van der Waals surface area contributed by atoms with Gasteiger partial charge in [0.25, 0.3) is 0 Å². The molecule has 7 nitrogen and oxygen atoms in total. The smallest absolute Gasteiger partial charge is 0.414 e. The molecule has 0 radical (unpaired) electrons. The van der Waals surface area contributed by atoms with Crippen molar-refractivity contribution in [2.45, 2.75) is 90.3 Å². The van der Waals surface area contributed by atoms with Crippen molar-refractivity contribution in [2.24, 2.45) is 51.8 Å². The fourth-order valence-corrected chi connectivity index (χ4v) is 10.6. The first-order valence-electron chi connectivity index (χ1n) is 15.0. The van der Waals surface area contributed by atoms with Gasteiger partial charge in [-0.25, -0.2) is 4.79 Å². The Balaban J connectivity index is 1.20. The molecule has 0 aromatic carbocycles. The summed E-state index contributed by atoms with van der Waals surface area (Å²) < 4.78 is 12.5. The number of Topliss-reactive ketones (excluding diaryl/α,β-unsaturated/α-hetero) is 1. The number of carbonyl (C=O) groups excluding carboxylic acids is 3. The van der Waals surface area contributed by atoms with E-state index in [9.17, 15) is 14.4 Å². The van der Waals surface area contributed by atoms with Gasteiger partial charge in [0.1, 0.15) is 11.9 Å². The van der Waals surface area contributed by atoms with E-state index in [1.54, 1.807) is 0 Å². The number of rotatable bonds is 5. The van der Waals surface area contributed by atoms with E-state index in [0.717, 1.165) is 64.6 Å². The first-order chi connectivity index (χ1) is 17.7.